The third-order valence-corrected chi connectivity index (χ3v) is 5.07. The molecule has 1 amide bonds. The molecule has 0 N–H and O–H groups in total. The zero-order valence-electron chi connectivity index (χ0n) is 10.3. The number of nitrogens with zero attached hydrogens (tertiary/aromatic N) is 1. The Morgan fingerprint density at radius 1 is 1.56 bits per heavy atom. The fourth-order valence-electron chi connectivity index (χ4n) is 2.15. The molecule has 0 saturated carbocycles. The summed E-state index contributed by atoms with van der Waals surface area (Å²) >= 11 is 0. The molecule has 1 saturated heterocycles. The molecular formula is C12H17NO4S. The summed E-state index contributed by atoms with van der Waals surface area (Å²) in [6, 6.07) is 3.44. The Bertz CT molecular complexity index is 506. The van der Waals surface area contributed by atoms with E-state index in [-0.39, 0.29) is 23.5 Å². The fourth-order valence-corrected chi connectivity index (χ4v) is 3.92. The van der Waals surface area contributed by atoms with E-state index in [9.17, 15) is 13.2 Å². The lowest BCUT2D eigenvalue weighted by molar-refractivity contribution is -0.131. The van der Waals surface area contributed by atoms with Gasteiger partial charge in [0.1, 0.15) is 5.76 Å². The third-order valence-electron chi connectivity index (χ3n) is 3.31. The average molecular weight is 271 g/mol. The number of sulfone groups is 1. The topological polar surface area (TPSA) is 67.6 Å². The van der Waals surface area contributed by atoms with Gasteiger partial charge >= 0.3 is 0 Å². The van der Waals surface area contributed by atoms with Crippen LogP contribution in [0.5, 0.6) is 0 Å². The molecule has 0 radical (unpaired) electrons. The van der Waals surface area contributed by atoms with Crippen molar-refractivity contribution in [3.05, 3.63) is 24.2 Å². The van der Waals surface area contributed by atoms with E-state index in [0.29, 0.717) is 19.3 Å². The van der Waals surface area contributed by atoms with Gasteiger partial charge in [0.05, 0.1) is 17.8 Å². The van der Waals surface area contributed by atoms with E-state index >= 15 is 0 Å². The fraction of sp³-hybridized carbons (Fsp3) is 0.583. The average Bonchev–Trinajstić information content (AvgIpc) is 2.94. The standard InChI is InChI=1S/C12H17NO4S/c1-13(10-6-8-18(15,16)9-10)12(14)5-4-11-3-2-7-17-11/h2-3,7,10H,4-6,8-9H2,1H3/t10-/m1/s1. The highest BCUT2D eigenvalue weighted by atomic mass is 32.2. The SMILES string of the molecule is CN(C(=O)CCc1ccco1)[C@@H]1CCS(=O)(=O)C1. The first-order chi connectivity index (χ1) is 8.48. The van der Waals surface area contributed by atoms with Crippen LogP contribution < -0.4 is 0 Å². The first-order valence-corrected chi connectivity index (χ1v) is 7.78. The molecule has 2 heterocycles. The molecule has 1 aromatic heterocycles. The van der Waals surface area contributed by atoms with Crippen LogP contribution in [0.15, 0.2) is 22.8 Å². The lowest BCUT2D eigenvalue weighted by Gasteiger charge is -2.23. The van der Waals surface area contributed by atoms with Crippen LogP contribution in [-0.4, -0.2) is 43.8 Å². The van der Waals surface area contributed by atoms with Gasteiger partial charge in [-0.1, -0.05) is 0 Å². The number of amides is 1. The molecule has 1 aromatic rings. The zero-order chi connectivity index (χ0) is 13.2. The molecule has 5 nitrogen and oxygen atoms in total. The number of rotatable bonds is 4. The van der Waals surface area contributed by atoms with E-state index in [2.05, 4.69) is 0 Å². The summed E-state index contributed by atoms with van der Waals surface area (Å²) in [7, 11) is -1.27. The molecule has 0 aliphatic carbocycles. The van der Waals surface area contributed by atoms with E-state index in [0.717, 1.165) is 5.76 Å². The van der Waals surface area contributed by atoms with Crippen LogP contribution in [0.1, 0.15) is 18.6 Å². The highest BCUT2D eigenvalue weighted by Crippen LogP contribution is 2.17. The van der Waals surface area contributed by atoms with Gasteiger partial charge in [-0.05, 0) is 18.6 Å². The number of hydrogen-bond donors (Lipinski definition) is 0. The zero-order valence-corrected chi connectivity index (χ0v) is 11.1. The molecule has 0 bridgehead atoms. The van der Waals surface area contributed by atoms with Crippen LogP contribution in [0.3, 0.4) is 0 Å². The predicted octanol–water partition coefficient (Wildman–Crippen LogP) is 0.858. The first kappa shape index (κ1) is 13.1. The summed E-state index contributed by atoms with van der Waals surface area (Å²) < 4.78 is 27.9. The highest BCUT2D eigenvalue weighted by molar-refractivity contribution is 7.91. The van der Waals surface area contributed by atoms with Crippen molar-refractivity contribution in [1.29, 1.82) is 0 Å². The molecular weight excluding hydrogens is 254 g/mol. The summed E-state index contributed by atoms with van der Waals surface area (Å²) in [4.78, 5) is 13.5. The Morgan fingerprint density at radius 2 is 2.33 bits per heavy atom. The minimum atomic E-state index is -2.94. The van der Waals surface area contributed by atoms with Gasteiger partial charge < -0.3 is 9.32 Å². The molecule has 1 atom stereocenters. The largest absolute Gasteiger partial charge is 0.469 e. The van der Waals surface area contributed by atoms with Gasteiger partial charge in [0.25, 0.3) is 0 Å². The lowest BCUT2D eigenvalue weighted by atomic mass is 10.2. The van der Waals surface area contributed by atoms with Crippen molar-refractivity contribution >= 4 is 15.7 Å². The van der Waals surface area contributed by atoms with Gasteiger partial charge in [-0.3, -0.25) is 4.79 Å². The second-order valence-corrected chi connectivity index (χ2v) is 6.87. The number of aryl methyl sites for hydroxylation is 1. The normalized spacial score (nSPS) is 21.9. The monoisotopic (exact) mass is 271 g/mol. The molecule has 1 aliphatic heterocycles. The van der Waals surface area contributed by atoms with Gasteiger partial charge in [-0.15, -0.1) is 0 Å². The number of hydrogen-bond acceptors (Lipinski definition) is 4. The molecule has 6 heteroatoms. The highest BCUT2D eigenvalue weighted by Gasteiger charge is 2.32. The van der Waals surface area contributed by atoms with Crippen molar-refractivity contribution in [2.45, 2.75) is 25.3 Å². The van der Waals surface area contributed by atoms with Gasteiger partial charge in [-0.25, -0.2) is 8.42 Å². The second kappa shape index (κ2) is 5.14. The van der Waals surface area contributed by atoms with Crippen LogP contribution in [-0.2, 0) is 21.1 Å². The van der Waals surface area contributed by atoms with Crippen molar-refractivity contribution in [2.24, 2.45) is 0 Å². The molecule has 1 fully saturated rings. The van der Waals surface area contributed by atoms with Crippen molar-refractivity contribution in [3.8, 4) is 0 Å². The van der Waals surface area contributed by atoms with E-state index in [1.165, 1.54) is 0 Å². The van der Waals surface area contributed by atoms with Gasteiger partial charge in [0, 0.05) is 25.9 Å². The second-order valence-electron chi connectivity index (χ2n) is 4.64. The molecule has 0 aromatic carbocycles. The Balaban J connectivity index is 1.85. The van der Waals surface area contributed by atoms with Gasteiger partial charge in [0.2, 0.25) is 5.91 Å². The van der Waals surface area contributed by atoms with Crippen molar-refractivity contribution < 1.29 is 17.6 Å². The van der Waals surface area contributed by atoms with Crippen molar-refractivity contribution in [3.63, 3.8) is 0 Å². The summed E-state index contributed by atoms with van der Waals surface area (Å²) in [5, 5.41) is 0. The first-order valence-electron chi connectivity index (χ1n) is 5.96. The Labute approximate surface area is 107 Å². The van der Waals surface area contributed by atoms with Crippen LogP contribution in [0.25, 0.3) is 0 Å². The Kier molecular flexibility index (Phi) is 3.75. The van der Waals surface area contributed by atoms with E-state index in [1.807, 2.05) is 6.07 Å². The van der Waals surface area contributed by atoms with Crippen LogP contribution in [0.2, 0.25) is 0 Å². The van der Waals surface area contributed by atoms with E-state index < -0.39 is 9.84 Å². The molecule has 100 valence electrons. The van der Waals surface area contributed by atoms with Crippen LogP contribution in [0.4, 0.5) is 0 Å². The summed E-state index contributed by atoms with van der Waals surface area (Å²) in [5.74, 6) is 1.02. The molecule has 1 aliphatic rings. The minimum absolute atomic E-state index is 0.0338. The molecule has 0 unspecified atom stereocenters. The smallest absolute Gasteiger partial charge is 0.223 e. The number of carbonyl (C=O) groups is 1. The van der Waals surface area contributed by atoms with E-state index in [4.69, 9.17) is 4.42 Å². The Hall–Kier alpha value is -1.30. The van der Waals surface area contributed by atoms with Crippen LogP contribution >= 0.6 is 0 Å². The Morgan fingerprint density at radius 3 is 2.89 bits per heavy atom. The quantitative estimate of drug-likeness (QED) is 0.814. The van der Waals surface area contributed by atoms with Crippen molar-refractivity contribution in [2.75, 3.05) is 18.6 Å². The molecule has 18 heavy (non-hydrogen) atoms. The predicted molar refractivity (Wildman–Crippen MR) is 66.9 cm³/mol. The maximum absolute atomic E-state index is 11.9. The van der Waals surface area contributed by atoms with Gasteiger partial charge in [0.15, 0.2) is 9.84 Å². The van der Waals surface area contributed by atoms with Gasteiger partial charge in [-0.2, -0.15) is 0 Å². The summed E-state index contributed by atoms with van der Waals surface area (Å²) in [6.45, 7) is 0. The lowest BCUT2D eigenvalue weighted by Crippen LogP contribution is -2.37. The van der Waals surface area contributed by atoms with E-state index in [1.54, 1.807) is 24.3 Å². The molecule has 0 spiro atoms. The van der Waals surface area contributed by atoms with Crippen molar-refractivity contribution in [1.82, 2.24) is 4.90 Å². The number of carbonyl (C=O) groups excluding carboxylic acids is 1. The maximum Gasteiger partial charge on any atom is 0.223 e. The summed E-state index contributed by atoms with van der Waals surface area (Å²) in [6.07, 6.45) is 3.02. The third kappa shape index (κ3) is 3.13. The van der Waals surface area contributed by atoms with Crippen LogP contribution in [0, 0.1) is 0 Å². The molecule has 2 rings (SSSR count). The number of furan rings is 1. The maximum atomic E-state index is 11.9. The minimum Gasteiger partial charge on any atom is -0.469 e. The summed E-state index contributed by atoms with van der Waals surface area (Å²) in [5.41, 5.74) is 0.